The van der Waals surface area contributed by atoms with Gasteiger partial charge in [0.25, 0.3) is 0 Å². The summed E-state index contributed by atoms with van der Waals surface area (Å²) in [4.78, 5) is 0. The topological polar surface area (TPSA) is 30.5 Å². The van der Waals surface area contributed by atoms with Gasteiger partial charge in [0.1, 0.15) is 5.75 Å². The lowest BCUT2D eigenvalue weighted by Crippen LogP contribution is -2.29. The van der Waals surface area contributed by atoms with Gasteiger partial charge in [0.2, 0.25) is 0 Å². The Balaban J connectivity index is 2.26. The molecule has 0 aliphatic heterocycles. The Morgan fingerprint density at radius 3 is 2.50 bits per heavy atom. The molecule has 0 atom stereocenters. The van der Waals surface area contributed by atoms with Crippen molar-refractivity contribution in [1.82, 2.24) is 5.32 Å². The molecule has 0 aromatic heterocycles. The minimum Gasteiger partial charge on any atom is -0.496 e. The first-order chi connectivity index (χ1) is 8.59. The van der Waals surface area contributed by atoms with Gasteiger partial charge in [0.15, 0.2) is 0 Å². The maximum atomic E-state index is 5.38. The molecule has 0 spiro atoms. The van der Waals surface area contributed by atoms with Crippen molar-refractivity contribution in [1.29, 1.82) is 0 Å². The van der Waals surface area contributed by atoms with Crippen LogP contribution in [0.1, 0.15) is 25.8 Å². The van der Waals surface area contributed by atoms with Gasteiger partial charge in [-0.05, 0) is 51.4 Å². The van der Waals surface area contributed by atoms with Gasteiger partial charge in [-0.1, -0.05) is 18.2 Å². The summed E-state index contributed by atoms with van der Waals surface area (Å²) in [6.45, 7) is 6.14. The molecule has 18 heavy (non-hydrogen) atoms. The molecule has 3 nitrogen and oxygen atoms in total. The van der Waals surface area contributed by atoms with Gasteiger partial charge >= 0.3 is 0 Å². The predicted octanol–water partition coefficient (Wildman–Crippen LogP) is 2.64. The second-order valence-corrected chi connectivity index (χ2v) is 5.03. The lowest BCUT2D eigenvalue weighted by Gasteiger charge is -2.22. The van der Waals surface area contributed by atoms with Crippen molar-refractivity contribution < 1.29 is 9.47 Å². The molecule has 102 valence electrons. The Labute approximate surface area is 110 Å². The van der Waals surface area contributed by atoms with Crippen molar-refractivity contribution in [3.05, 3.63) is 29.8 Å². The number of ether oxygens (including phenoxy) is 2. The van der Waals surface area contributed by atoms with Crippen LogP contribution in [0.4, 0.5) is 0 Å². The minimum absolute atomic E-state index is 0.0442. The van der Waals surface area contributed by atoms with Crippen molar-refractivity contribution >= 4 is 0 Å². The molecule has 0 saturated heterocycles. The van der Waals surface area contributed by atoms with E-state index in [1.165, 1.54) is 5.56 Å². The molecule has 1 aromatic rings. The number of rotatable bonds is 8. The maximum absolute atomic E-state index is 5.38. The lowest BCUT2D eigenvalue weighted by atomic mass is 10.1. The fourth-order valence-electron chi connectivity index (χ4n) is 1.75. The summed E-state index contributed by atoms with van der Waals surface area (Å²) in [5.41, 5.74) is 1.20. The van der Waals surface area contributed by atoms with Gasteiger partial charge < -0.3 is 14.8 Å². The molecule has 1 aromatic carbocycles. The Kier molecular flexibility index (Phi) is 6.16. The van der Waals surface area contributed by atoms with Crippen molar-refractivity contribution in [3.8, 4) is 5.75 Å². The van der Waals surface area contributed by atoms with Crippen LogP contribution in [0.3, 0.4) is 0 Å². The molecule has 0 aliphatic rings. The van der Waals surface area contributed by atoms with Gasteiger partial charge in [0, 0.05) is 7.11 Å². The summed E-state index contributed by atoms with van der Waals surface area (Å²) in [7, 11) is 3.47. The van der Waals surface area contributed by atoms with E-state index in [-0.39, 0.29) is 5.60 Å². The van der Waals surface area contributed by atoms with Gasteiger partial charge in [-0.25, -0.2) is 0 Å². The number of nitrogens with one attached hydrogen (secondary N) is 1. The molecular formula is C15H25NO2. The number of hydrogen-bond donors (Lipinski definition) is 1. The molecule has 0 radical (unpaired) electrons. The molecule has 0 unspecified atom stereocenters. The standard InChI is InChI=1S/C15H25NO2/c1-15(2,18-4)10-12-16-11-9-13-7-5-6-8-14(13)17-3/h5-8,16H,9-12H2,1-4H3. The summed E-state index contributed by atoms with van der Waals surface area (Å²) in [5, 5.41) is 3.44. The van der Waals surface area contributed by atoms with E-state index in [2.05, 4.69) is 25.2 Å². The maximum Gasteiger partial charge on any atom is 0.122 e. The zero-order chi connectivity index (χ0) is 13.4. The second kappa shape index (κ2) is 7.39. The van der Waals surface area contributed by atoms with Gasteiger partial charge in [-0.15, -0.1) is 0 Å². The highest BCUT2D eigenvalue weighted by Crippen LogP contribution is 2.17. The first-order valence-corrected chi connectivity index (χ1v) is 6.47. The highest BCUT2D eigenvalue weighted by molar-refractivity contribution is 5.33. The zero-order valence-electron chi connectivity index (χ0n) is 12.0. The van der Waals surface area contributed by atoms with Crippen molar-refractivity contribution in [2.45, 2.75) is 32.3 Å². The van der Waals surface area contributed by atoms with Crippen molar-refractivity contribution in [3.63, 3.8) is 0 Å². The molecule has 0 heterocycles. The molecule has 0 bridgehead atoms. The van der Waals surface area contributed by atoms with E-state index in [1.54, 1.807) is 14.2 Å². The van der Waals surface area contributed by atoms with Crippen LogP contribution in [-0.2, 0) is 11.2 Å². The van der Waals surface area contributed by atoms with Gasteiger partial charge in [0.05, 0.1) is 12.7 Å². The lowest BCUT2D eigenvalue weighted by molar-refractivity contribution is 0.0159. The van der Waals surface area contributed by atoms with Crippen LogP contribution in [0.15, 0.2) is 24.3 Å². The molecule has 0 amide bonds. The summed E-state index contributed by atoms with van der Waals surface area (Å²) in [6, 6.07) is 8.16. The molecule has 1 rings (SSSR count). The third-order valence-corrected chi connectivity index (χ3v) is 3.22. The monoisotopic (exact) mass is 251 g/mol. The van der Waals surface area contributed by atoms with E-state index < -0.39 is 0 Å². The highest BCUT2D eigenvalue weighted by Gasteiger charge is 2.14. The number of hydrogen-bond acceptors (Lipinski definition) is 3. The Morgan fingerprint density at radius 1 is 1.11 bits per heavy atom. The van der Waals surface area contributed by atoms with E-state index in [4.69, 9.17) is 9.47 Å². The quantitative estimate of drug-likeness (QED) is 0.721. The van der Waals surface area contributed by atoms with E-state index in [1.807, 2.05) is 18.2 Å². The number of methoxy groups -OCH3 is 2. The predicted molar refractivity (Wildman–Crippen MR) is 75.3 cm³/mol. The molecular weight excluding hydrogens is 226 g/mol. The normalized spacial score (nSPS) is 11.6. The Hall–Kier alpha value is -1.06. The van der Waals surface area contributed by atoms with Gasteiger partial charge in [-0.3, -0.25) is 0 Å². The smallest absolute Gasteiger partial charge is 0.122 e. The second-order valence-electron chi connectivity index (χ2n) is 5.03. The van der Waals surface area contributed by atoms with Crippen LogP contribution in [-0.4, -0.2) is 32.9 Å². The van der Waals surface area contributed by atoms with Crippen LogP contribution < -0.4 is 10.1 Å². The highest BCUT2D eigenvalue weighted by atomic mass is 16.5. The summed E-state index contributed by atoms with van der Waals surface area (Å²) in [6.07, 6.45) is 1.99. The van der Waals surface area contributed by atoms with Crippen LogP contribution in [0.25, 0.3) is 0 Å². The molecule has 3 heteroatoms. The van der Waals surface area contributed by atoms with Crippen LogP contribution >= 0.6 is 0 Å². The van der Waals surface area contributed by atoms with E-state index >= 15 is 0 Å². The zero-order valence-corrected chi connectivity index (χ0v) is 12.0. The third-order valence-electron chi connectivity index (χ3n) is 3.22. The van der Waals surface area contributed by atoms with Crippen LogP contribution in [0, 0.1) is 0 Å². The number of benzene rings is 1. The Morgan fingerprint density at radius 2 is 1.83 bits per heavy atom. The first-order valence-electron chi connectivity index (χ1n) is 6.47. The summed E-state index contributed by atoms with van der Waals surface area (Å²) >= 11 is 0. The minimum atomic E-state index is -0.0442. The fraction of sp³-hybridized carbons (Fsp3) is 0.600. The third kappa shape index (κ3) is 5.07. The van der Waals surface area contributed by atoms with E-state index in [9.17, 15) is 0 Å². The Bertz CT molecular complexity index is 350. The average Bonchev–Trinajstić information content (AvgIpc) is 2.38. The van der Waals surface area contributed by atoms with Crippen molar-refractivity contribution in [2.75, 3.05) is 27.3 Å². The van der Waals surface area contributed by atoms with Crippen LogP contribution in [0.5, 0.6) is 5.75 Å². The number of para-hydroxylation sites is 1. The molecule has 0 aliphatic carbocycles. The van der Waals surface area contributed by atoms with Crippen molar-refractivity contribution in [2.24, 2.45) is 0 Å². The SMILES string of the molecule is COc1ccccc1CCNCCC(C)(C)OC. The first kappa shape index (κ1) is 15.0. The van der Waals surface area contributed by atoms with Gasteiger partial charge in [-0.2, -0.15) is 0 Å². The summed E-state index contributed by atoms with van der Waals surface area (Å²) in [5.74, 6) is 0.969. The van der Waals surface area contributed by atoms with Crippen LogP contribution in [0.2, 0.25) is 0 Å². The van der Waals surface area contributed by atoms with E-state index in [0.717, 1.165) is 31.7 Å². The summed E-state index contributed by atoms with van der Waals surface area (Å²) < 4.78 is 10.7. The largest absolute Gasteiger partial charge is 0.496 e. The average molecular weight is 251 g/mol. The molecule has 0 saturated carbocycles. The molecule has 0 fully saturated rings. The molecule has 1 N–H and O–H groups in total. The fourth-order valence-corrected chi connectivity index (χ4v) is 1.75. The van der Waals surface area contributed by atoms with E-state index in [0.29, 0.717) is 0 Å².